The van der Waals surface area contributed by atoms with E-state index in [2.05, 4.69) is 34.5 Å². The molecule has 0 saturated carbocycles. The van der Waals surface area contributed by atoms with E-state index >= 15 is 0 Å². The second kappa shape index (κ2) is 8.30. The summed E-state index contributed by atoms with van der Waals surface area (Å²) in [7, 11) is 0. The lowest BCUT2D eigenvalue weighted by molar-refractivity contribution is 0.0596. The Morgan fingerprint density at radius 1 is 1.11 bits per heavy atom. The van der Waals surface area contributed by atoms with Gasteiger partial charge in [0, 0.05) is 18.2 Å². The average Bonchev–Trinajstić information content (AvgIpc) is 3.23. The fourth-order valence-electron chi connectivity index (χ4n) is 3.96. The zero-order valence-corrected chi connectivity index (χ0v) is 15.8. The first-order valence-corrected chi connectivity index (χ1v) is 9.91. The van der Waals surface area contributed by atoms with Crippen molar-refractivity contribution in [2.24, 2.45) is 0 Å². The number of aromatic amines is 1. The molecular weight excluding hydrogens is 350 g/mol. The number of hydrogen-bond acceptors (Lipinski definition) is 3. The molecule has 1 aliphatic rings. The van der Waals surface area contributed by atoms with Crippen molar-refractivity contribution < 1.29 is 9.90 Å². The van der Waals surface area contributed by atoms with E-state index < -0.39 is 0 Å². The molecule has 5 nitrogen and oxygen atoms in total. The number of nitrogens with one attached hydrogen (secondary N) is 1. The van der Waals surface area contributed by atoms with E-state index in [1.807, 2.05) is 17.0 Å². The van der Waals surface area contributed by atoms with Gasteiger partial charge in [0.2, 0.25) is 0 Å². The molecule has 2 N–H and O–H groups in total. The Kier molecular flexibility index (Phi) is 5.42. The van der Waals surface area contributed by atoms with Gasteiger partial charge in [-0.25, -0.2) is 0 Å². The number of phenolic OH excluding ortho intramolecular Hbond substituents is 1. The summed E-state index contributed by atoms with van der Waals surface area (Å²) in [6.07, 6.45) is 5.18. The number of aromatic nitrogens is 2. The van der Waals surface area contributed by atoms with Crippen molar-refractivity contribution in [3.05, 3.63) is 71.9 Å². The summed E-state index contributed by atoms with van der Waals surface area (Å²) < 4.78 is 0. The van der Waals surface area contributed by atoms with E-state index in [-0.39, 0.29) is 17.7 Å². The van der Waals surface area contributed by atoms with Crippen LogP contribution in [0.4, 0.5) is 0 Å². The van der Waals surface area contributed by atoms with Crippen LogP contribution < -0.4 is 0 Å². The molecule has 5 heteroatoms. The first-order valence-electron chi connectivity index (χ1n) is 9.91. The van der Waals surface area contributed by atoms with Gasteiger partial charge in [-0.1, -0.05) is 42.5 Å². The van der Waals surface area contributed by atoms with Crippen LogP contribution in [0.25, 0.3) is 11.3 Å². The molecule has 0 aliphatic carbocycles. The number of hydrogen-bond donors (Lipinski definition) is 2. The van der Waals surface area contributed by atoms with Crippen molar-refractivity contribution in [1.29, 1.82) is 0 Å². The molecule has 1 aliphatic heterocycles. The molecule has 0 unspecified atom stereocenters. The Balaban J connectivity index is 1.48. The highest BCUT2D eigenvalue weighted by Crippen LogP contribution is 2.28. The number of piperidine rings is 1. The van der Waals surface area contributed by atoms with E-state index in [0.29, 0.717) is 17.0 Å². The molecule has 2 aromatic carbocycles. The van der Waals surface area contributed by atoms with Gasteiger partial charge in [-0.05, 0) is 55.9 Å². The van der Waals surface area contributed by atoms with Gasteiger partial charge in [-0.15, -0.1) is 0 Å². The lowest BCUT2D eigenvalue weighted by atomic mass is 9.95. The predicted octanol–water partition coefficient (Wildman–Crippen LogP) is 4.41. The molecule has 28 heavy (non-hydrogen) atoms. The molecule has 144 valence electrons. The number of likely N-dealkylation sites (tertiary alicyclic amines) is 1. The number of carbonyl (C=O) groups excluding carboxylic acids is 1. The van der Waals surface area contributed by atoms with Crippen molar-refractivity contribution in [2.45, 2.75) is 38.1 Å². The quantitative estimate of drug-likeness (QED) is 0.694. The smallest absolute Gasteiger partial charge is 0.272 e. The van der Waals surface area contributed by atoms with Gasteiger partial charge < -0.3 is 10.0 Å². The second-order valence-electron chi connectivity index (χ2n) is 7.36. The maximum atomic E-state index is 13.1. The Morgan fingerprint density at radius 2 is 1.89 bits per heavy atom. The van der Waals surface area contributed by atoms with Crippen LogP contribution in [0.2, 0.25) is 0 Å². The number of para-hydroxylation sites is 1. The number of aromatic hydroxyl groups is 1. The third kappa shape index (κ3) is 3.93. The molecule has 0 bridgehead atoms. The van der Waals surface area contributed by atoms with E-state index in [0.717, 1.165) is 38.6 Å². The van der Waals surface area contributed by atoms with Gasteiger partial charge in [0.25, 0.3) is 5.91 Å². The monoisotopic (exact) mass is 375 g/mol. The topological polar surface area (TPSA) is 69.2 Å². The molecule has 1 aromatic heterocycles. The van der Waals surface area contributed by atoms with Crippen LogP contribution in [0.15, 0.2) is 60.7 Å². The number of H-pyrrole nitrogens is 1. The van der Waals surface area contributed by atoms with E-state index in [4.69, 9.17) is 0 Å². The standard InChI is InChI=1S/C23H25N3O2/c27-22-12-5-4-11-19(22)20-16-21(25-24-20)23(28)26-15-7-6-10-18(26)14-13-17-8-2-1-3-9-17/h1-5,8-9,11-12,16,18,27H,6-7,10,13-15H2,(H,24,25)/t18-/m1/s1. The fourth-order valence-corrected chi connectivity index (χ4v) is 3.96. The van der Waals surface area contributed by atoms with E-state index in [1.165, 1.54) is 5.56 Å². The summed E-state index contributed by atoms with van der Waals surface area (Å²) in [5.41, 5.74) is 2.99. The van der Waals surface area contributed by atoms with Gasteiger partial charge in [-0.3, -0.25) is 9.89 Å². The number of aryl methyl sites for hydroxylation is 1. The Morgan fingerprint density at radius 3 is 2.71 bits per heavy atom. The largest absolute Gasteiger partial charge is 0.507 e. The third-order valence-electron chi connectivity index (χ3n) is 5.49. The Labute approximate surface area is 165 Å². The van der Waals surface area contributed by atoms with Crippen molar-refractivity contribution in [2.75, 3.05) is 6.54 Å². The summed E-state index contributed by atoms with van der Waals surface area (Å²) in [6.45, 7) is 0.781. The minimum absolute atomic E-state index is 0.00747. The molecule has 1 atom stereocenters. The summed E-state index contributed by atoms with van der Waals surface area (Å²) in [5, 5.41) is 17.2. The van der Waals surface area contributed by atoms with Crippen molar-refractivity contribution >= 4 is 5.91 Å². The second-order valence-corrected chi connectivity index (χ2v) is 7.36. The molecular formula is C23H25N3O2. The van der Waals surface area contributed by atoms with Crippen LogP contribution in [0, 0.1) is 0 Å². The minimum atomic E-state index is -0.00747. The number of carbonyl (C=O) groups is 1. The SMILES string of the molecule is O=C(c1cc(-c2ccccc2O)n[nH]1)N1CCCC[C@@H]1CCc1ccccc1. The maximum Gasteiger partial charge on any atom is 0.272 e. The Bertz CT molecular complexity index is 936. The highest BCUT2D eigenvalue weighted by Gasteiger charge is 2.28. The Hall–Kier alpha value is -3.08. The van der Waals surface area contributed by atoms with Gasteiger partial charge in [-0.2, -0.15) is 5.10 Å². The molecule has 1 amide bonds. The number of amides is 1. The molecule has 4 rings (SSSR count). The lowest BCUT2D eigenvalue weighted by Crippen LogP contribution is -2.44. The van der Waals surface area contributed by atoms with Crippen LogP contribution in [-0.2, 0) is 6.42 Å². The van der Waals surface area contributed by atoms with Crippen LogP contribution in [-0.4, -0.2) is 38.7 Å². The summed E-state index contributed by atoms with van der Waals surface area (Å²) in [5.74, 6) is 0.152. The predicted molar refractivity (Wildman–Crippen MR) is 109 cm³/mol. The zero-order chi connectivity index (χ0) is 19.3. The van der Waals surface area contributed by atoms with Gasteiger partial charge in [0.15, 0.2) is 0 Å². The third-order valence-corrected chi connectivity index (χ3v) is 5.49. The minimum Gasteiger partial charge on any atom is -0.507 e. The van der Waals surface area contributed by atoms with Crippen molar-refractivity contribution in [1.82, 2.24) is 15.1 Å². The molecule has 0 radical (unpaired) electrons. The van der Waals surface area contributed by atoms with Gasteiger partial charge in [0.05, 0.1) is 5.69 Å². The highest BCUT2D eigenvalue weighted by molar-refractivity contribution is 5.93. The van der Waals surface area contributed by atoms with Gasteiger partial charge in [0.1, 0.15) is 11.4 Å². The molecule has 3 aromatic rings. The van der Waals surface area contributed by atoms with Crippen LogP contribution in [0.1, 0.15) is 41.7 Å². The summed E-state index contributed by atoms with van der Waals surface area (Å²) in [4.78, 5) is 15.1. The fraction of sp³-hybridized carbons (Fsp3) is 0.304. The normalized spacial score (nSPS) is 16.9. The number of benzene rings is 2. The van der Waals surface area contributed by atoms with Gasteiger partial charge >= 0.3 is 0 Å². The first-order chi connectivity index (χ1) is 13.7. The molecule has 1 fully saturated rings. The van der Waals surface area contributed by atoms with Crippen molar-refractivity contribution in [3.8, 4) is 17.0 Å². The number of phenols is 1. The zero-order valence-electron chi connectivity index (χ0n) is 15.8. The van der Waals surface area contributed by atoms with E-state index in [9.17, 15) is 9.90 Å². The average molecular weight is 375 g/mol. The van der Waals surface area contributed by atoms with Crippen LogP contribution in [0.3, 0.4) is 0 Å². The first kappa shape index (κ1) is 18.3. The lowest BCUT2D eigenvalue weighted by Gasteiger charge is -2.35. The molecule has 0 spiro atoms. The maximum absolute atomic E-state index is 13.1. The molecule has 2 heterocycles. The van der Waals surface area contributed by atoms with Crippen LogP contribution in [0.5, 0.6) is 5.75 Å². The number of rotatable bonds is 5. The summed E-state index contributed by atoms with van der Waals surface area (Å²) in [6, 6.07) is 19.4. The molecule has 1 saturated heterocycles. The van der Waals surface area contributed by atoms with Crippen LogP contribution >= 0.6 is 0 Å². The van der Waals surface area contributed by atoms with E-state index in [1.54, 1.807) is 24.3 Å². The number of nitrogens with zero attached hydrogens (tertiary/aromatic N) is 2. The van der Waals surface area contributed by atoms with Crippen molar-refractivity contribution in [3.63, 3.8) is 0 Å². The summed E-state index contributed by atoms with van der Waals surface area (Å²) >= 11 is 0. The highest BCUT2D eigenvalue weighted by atomic mass is 16.3.